The van der Waals surface area contributed by atoms with Crippen LogP contribution in [0.25, 0.3) is 0 Å². The van der Waals surface area contributed by atoms with E-state index in [9.17, 15) is 14.7 Å². The number of aliphatic carboxylic acids is 1. The van der Waals surface area contributed by atoms with Crippen LogP contribution in [0.1, 0.15) is 44.9 Å². The van der Waals surface area contributed by atoms with Gasteiger partial charge in [0.1, 0.15) is 12.6 Å². The molecule has 2 heterocycles. The van der Waals surface area contributed by atoms with Gasteiger partial charge in [0, 0.05) is 13.0 Å². The van der Waals surface area contributed by atoms with Crippen molar-refractivity contribution in [2.75, 3.05) is 6.54 Å². The number of likely N-dealkylation sites (tertiary alicyclic amines) is 1. The second-order valence-corrected chi connectivity index (χ2v) is 8.17. The largest absolute Gasteiger partial charge is 0.480 e. The van der Waals surface area contributed by atoms with Gasteiger partial charge in [-0.25, -0.2) is 9.59 Å². The Hall–Kier alpha value is -2.97. The van der Waals surface area contributed by atoms with Gasteiger partial charge in [-0.2, -0.15) is 5.21 Å². The maximum Gasteiger partial charge on any atom is 0.410 e. The van der Waals surface area contributed by atoms with Crippen molar-refractivity contribution in [1.82, 2.24) is 25.5 Å². The number of aromatic amines is 1. The van der Waals surface area contributed by atoms with E-state index >= 15 is 0 Å². The zero-order valence-corrected chi connectivity index (χ0v) is 16.7. The number of H-pyrrole nitrogens is 1. The van der Waals surface area contributed by atoms with Crippen LogP contribution >= 0.6 is 0 Å². The summed E-state index contributed by atoms with van der Waals surface area (Å²) in [7, 11) is 0. The summed E-state index contributed by atoms with van der Waals surface area (Å²) in [5.41, 5.74) is 0.818. The van der Waals surface area contributed by atoms with Gasteiger partial charge in [0.2, 0.25) is 0 Å². The molecule has 9 nitrogen and oxygen atoms in total. The van der Waals surface area contributed by atoms with E-state index in [1.54, 1.807) is 0 Å². The Balaban J connectivity index is 1.39. The predicted molar refractivity (Wildman–Crippen MR) is 106 cm³/mol. The van der Waals surface area contributed by atoms with Crippen LogP contribution in [0.4, 0.5) is 4.79 Å². The van der Waals surface area contributed by atoms with Crippen LogP contribution in [0.3, 0.4) is 0 Å². The van der Waals surface area contributed by atoms with Crippen LogP contribution in [-0.2, 0) is 22.6 Å². The fraction of sp³-hybridized carbons (Fsp3) is 0.571. The van der Waals surface area contributed by atoms with Crippen molar-refractivity contribution < 1.29 is 20.8 Å². The first-order valence-corrected chi connectivity index (χ1v) is 10.4. The number of hydrogen-bond acceptors (Lipinski definition) is 6. The normalized spacial score (nSPS) is 29.0. The third kappa shape index (κ3) is 4.77. The fourth-order valence-electron chi connectivity index (χ4n) is 4.69. The lowest BCUT2D eigenvalue weighted by Crippen LogP contribution is -2.54. The van der Waals surface area contributed by atoms with Gasteiger partial charge in [0.05, 0.1) is 1.37 Å². The Morgan fingerprint density at radius 2 is 2.07 bits per heavy atom. The van der Waals surface area contributed by atoms with Gasteiger partial charge in [0.25, 0.3) is 0 Å². The molecule has 1 saturated carbocycles. The van der Waals surface area contributed by atoms with Crippen molar-refractivity contribution in [3.8, 4) is 0 Å². The third-order valence-electron chi connectivity index (χ3n) is 6.28. The molecule has 30 heavy (non-hydrogen) atoms. The number of nitrogens with one attached hydrogen (secondary N) is 1. The van der Waals surface area contributed by atoms with Crippen LogP contribution in [0.15, 0.2) is 30.3 Å². The van der Waals surface area contributed by atoms with Gasteiger partial charge in [0.15, 0.2) is 5.82 Å². The molecule has 1 aromatic heterocycles. The minimum Gasteiger partial charge on any atom is -0.480 e. The van der Waals surface area contributed by atoms with Crippen LogP contribution in [-0.4, -0.2) is 55.3 Å². The lowest BCUT2D eigenvalue weighted by molar-refractivity contribution is -0.146. The highest BCUT2D eigenvalue weighted by molar-refractivity contribution is 5.80. The quantitative estimate of drug-likeness (QED) is 0.745. The second-order valence-electron chi connectivity index (χ2n) is 8.17. The summed E-state index contributed by atoms with van der Waals surface area (Å²) in [6.45, 7) is 0.295. The number of aryl methyl sites for hydroxylation is 1. The Morgan fingerprint density at radius 1 is 1.23 bits per heavy atom. The molecule has 1 aliphatic carbocycles. The minimum atomic E-state index is -2.01. The molecule has 0 spiro atoms. The third-order valence-corrected chi connectivity index (χ3v) is 6.28. The Bertz CT molecular complexity index is 896. The molecule has 1 amide bonds. The number of carbonyl (C=O) groups is 2. The maximum absolute atomic E-state index is 12.8. The molecule has 1 saturated heterocycles. The summed E-state index contributed by atoms with van der Waals surface area (Å²) in [5, 5.41) is 23.8. The molecule has 0 radical (unpaired) electrons. The van der Waals surface area contributed by atoms with Crippen LogP contribution in [0.5, 0.6) is 0 Å². The number of piperidine rings is 1. The van der Waals surface area contributed by atoms with Gasteiger partial charge in [-0.1, -0.05) is 42.0 Å². The highest BCUT2D eigenvalue weighted by Crippen LogP contribution is 2.42. The molecule has 0 bridgehead atoms. The minimum absolute atomic E-state index is 0.0537. The number of tetrazole rings is 1. The van der Waals surface area contributed by atoms with E-state index in [0.717, 1.165) is 42.6 Å². The highest BCUT2D eigenvalue weighted by Gasteiger charge is 2.44. The molecule has 1 aliphatic heterocycles. The lowest BCUT2D eigenvalue weighted by atomic mass is 9.68. The van der Waals surface area contributed by atoms with Crippen molar-refractivity contribution in [2.24, 2.45) is 17.8 Å². The number of ether oxygens (including phenoxy) is 1. The number of fused-ring (bicyclic) bond motifs is 1. The number of carboxylic acid groups (broad SMARTS) is 1. The molecule has 2 fully saturated rings. The van der Waals surface area contributed by atoms with Gasteiger partial charge in [-0.05, 0) is 49.0 Å². The Labute approximate surface area is 176 Å². The smallest absolute Gasteiger partial charge is 0.410 e. The number of rotatable bonds is 6. The molecule has 9 heteroatoms. The van der Waals surface area contributed by atoms with E-state index in [4.69, 9.17) is 6.11 Å². The lowest BCUT2D eigenvalue weighted by Gasteiger charge is -2.45. The molecular weight excluding hydrogens is 386 g/mol. The second kappa shape index (κ2) is 9.23. The zero-order chi connectivity index (χ0) is 21.8. The average molecular weight is 414 g/mol. The number of carboxylic acids is 1. The Kier molecular flexibility index (Phi) is 5.85. The number of hydrogen-bond donors (Lipinski definition) is 2. The zero-order valence-electron chi connectivity index (χ0n) is 17.7. The summed E-state index contributed by atoms with van der Waals surface area (Å²) >= 11 is 0. The molecular formula is C21H27N5O4. The number of carbonyl (C=O) groups excluding carboxylic acids is 1. The van der Waals surface area contributed by atoms with Gasteiger partial charge >= 0.3 is 12.1 Å². The van der Waals surface area contributed by atoms with E-state index in [1.807, 2.05) is 30.3 Å². The van der Waals surface area contributed by atoms with Crippen LogP contribution in [0, 0.1) is 17.8 Å². The number of aromatic nitrogens is 4. The standard InChI is InChI=1S/C21H27N5O4/c27-20(28)18-11-17-10-14(7-9-19-22-24-25-23-19)6-8-16(17)12-26(18)21(29)30-13-15-4-2-1-3-5-15/h1-5,14,16-18H,6-13H2,(H,27,28)(H,22,23,24,25)/t14-,16+,17-,18+/m1/s1/i18D. The molecule has 4 rings (SSSR count). The summed E-state index contributed by atoms with van der Waals surface area (Å²) in [6, 6.07) is 7.22. The summed E-state index contributed by atoms with van der Waals surface area (Å²) in [5.74, 6) is 0.0729. The number of nitrogens with zero attached hydrogens (tertiary/aromatic N) is 4. The van der Waals surface area contributed by atoms with Crippen molar-refractivity contribution >= 4 is 12.1 Å². The number of benzene rings is 1. The van der Waals surface area contributed by atoms with E-state index in [1.165, 1.54) is 0 Å². The molecule has 160 valence electrons. The van der Waals surface area contributed by atoms with Crippen molar-refractivity contribution in [3.05, 3.63) is 41.7 Å². The first-order valence-electron chi connectivity index (χ1n) is 10.9. The molecule has 0 unspecified atom stereocenters. The van der Waals surface area contributed by atoms with E-state index in [-0.39, 0.29) is 31.4 Å². The van der Waals surface area contributed by atoms with E-state index in [2.05, 4.69) is 20.6 Å². The molecule has 4 atom stereocenters. The predicted octanol–water partition coefficient (Wildman–Crippen LogP) is 2.66. The monoisotopic (exact) mass is 414 g/mol. The summed E-state index contributed by atoms with van der Waals surface area (Å²) in [6.07, 6.45) is 3.77. The molecule has 1 aromatic carbocycles. The SMILES string of the molecule is [2H][C@@]1(C(=O)O)C[C@H]2C[C@@H](CCc3nn[nH]n3)CC[C@H]2CN1C(=O)OCc1ccccc1. The van der Waals surface area contributed by atoms with Gasteiger partial charge < -0.3 is 9.84 Å². The van der Waals surface area contributed by atoms with Gasteiger partial charge in [-0.3, -0.25) is 4.90 Å². The van der Waals surface area contributed by atoms with Crippen LogP contribution in [0.2, 0.25) is 0 Å². The molecule has 2 aliphatic rings. The number of amides is 1. The Morgan fingerprint density at radius 3 is 2.80 bits per heavy atom. The average Bonchev–Trinajstić information content (AvgIpc) is 3.30. The highest BCUT2D eigenvalue weighted by atomic mass is 16.6. The van der Waals surface area contributed by atoms with Crippen molar-refractivity contribution in [2.45, 2.75) is 51.1 Å². The first kappa shape index (κ1) is 19.0. The summed E-state index contributed by atoms with van der Waals surface area (Å²) < 4.78 is 14.0. The van der Waals surface area contributed by atoms with Gasteiger partial charge in [-0.15, -0.1) is 10.2 Å². The molecule has 2 aromatic rings. The van der Waals surface area contributed by atoms with Crippen molar-refractivity contribution in [1.29, 1.82) is 0 Å². The van der Waals surface area contributed by atoms with E-state index < -0.39 is 18.1 Å². The molecule has 2 N–H and O–H groups in total. The fourth-order valence-corrected chi connectivity index (χ4v) is 4.69. The summed E-state index contributed by atoms with van der Waals surface area (Å²) in [4.78, 5) is 25.9. The first-order chi connectivity index (χ1) is 15.0. The van der Waals surface area contributed by atoms with Crippen molar-refractivity contribution in [3.63, 3.8) is 0 Å². The maximum atomic E-state index is 12.8. The topological polar surface area (TPSA) is 121 Å². The van der Waals surface area contributed by atoms with Crippen LogP contribution < -0.4 is 0 Å². The van der Waals surface area contributed by atoms with E-state index in [0.29, 0.717) is 11.7 Å².